The van der Waals surface area contributed by atoms with E-state index in [9.17, 15) is 0 Å². The van der Waals surface area contributed by atoms with Crippen molar-refractivity contribution in [1.29, 1.82) is 0 Å². The van der Waals surface area contributed by atoms with E-state index in [1.165, 1.54) is 12.0 Å². The smallest absolute Gasteiger partial charge is 0.0645 e. The summed E-state index contributed by atoms with van der Waals surface area (Å²) in [6.45, 7) is 5.57. The molecule has 1 aliphatic rings. The Balaban J connectivity index is 1.61. The van der Waals surface area contributed by atoms with Crippen LogP contribution in [0.2, 0.25) is 0 Å². The molecule has 94 valence electrons. The van der Waals surface area contributed by atoms with Crippen LogP contribution >= 0.6 is 0 Å². The van der Waals surface area contributed by atoms with Gasteiger partial charge in [0.1, 0.15) is 0 Å². The molecule has 2 aromatic rings. The van der Waals surface area contributed by atoms with Gasteiger partial charge in [-0.15, -0.1) is 0 Å². The van der Waals surface area contributed by atoms with E-state index >= 15 is 0 Å². The molecule has 18 heavy (non-hydrogen) atoms. The van der Waals surface area contributed by atoms with Gasteiger partial charge in [0.2, 0.25) is 0 Å². The largest absolute Gasteiger partial charge is 0.309 e. The zero-order chi connectivity index (χ0) is 12.6. The number of aromatic nitrogens is 2. The van der Waals surface area contributed by atoms with Crippen molar-refractivity contribution in [2.24, 2.45) is 5.41 Å². The first-order valence-electron chi connectivity index (χ1n) is 6.47. The van der Waals surface area contributed by atoms with Crippen LogP contribution in [-0.2, 0) is 6.54 Å². The third-order valence-corrected chi connectivity index (χ3v) is 3.77. The lowest BCUT2D eigenvalue weighted by Gasteiger charge is -2.07. The highest BCUT2D eigenvalue weighted by atomic mass is 15.3. The van der Waals surface area contributed by atoms with Crippen molar-refractivity contribution in [3.05, 3.63) is 48.3 Å². The molecule has 0 saturated heterocycles. The van der Waals surface area contributed by atoms with Crippen molar-refractivity contribution in [2.75, 3.05) is 0 Å². The van der Waals surface area contributed by atoms with Gasteiger partial charge in [-0.25, -0.2) is 4.68 Å². The Morgan fingerprint density at radius 3 is 2.61 bits per heavy atom. The van der Waals surface area contributed by atoms with Gasteiger partial charge in [-0.3, -0.25) is 0 Å². The second kappa shape index (κ2) is 4.25. The molecule has 0 aliphatic heterocycles. The van der Waals surface area contributed by atoms with E-state index in [-0.39, 0.29) is 0 Å². The van der Waals surface area contributed by atoms with E-state index in [0.29, 0.717) is 11.5 Å². The fourth-order valence-corrected chi connectivity index (χ4v) is 2.24. The van der Waals surface area contributed by atoms with E-state index in [0.717, 1.165) is 12.2 Å². The summed E-state index contributed by atoms with van der Waals surface area (Å²) in [6, 6.07) is 11.2. The van der Waals surface area contributed by atoms with Gasteiger partial charge in [0.25, 0.3) is 0 Å². The summed E-state index contributed by atoms with van der Waals surface area (Å²) in [4.78, 5) is 0. The Hall–Kier alpha value is -1.61. The summed E-state index contributed by atoms with van der Waals surface area (Å²) in [5.41, 5.74) is 2.93. The highest BCUT2D eigenvalue weighted by Crippen LogP contribution is 2.44. The minimum atomic E-state index is 0.495. The molecule has 1 fully saturated rings. The van der Waals surface area contributed by atoms with Crippen molar-refractivity contribution < 1.29 is 0 Å². The first-order chi connectivity index (χ1) is 8.65. The van der Waals surface area contributed by atoms with Crippen LogP contribution in [0.15, 0.2) is 42.7 Å². The molecule has 1 saturated carbocycles. The molecule has 1 aromatic carbocycles. The SMILES string of the molecule is CC1(C)CC1NCc1ccc(-n2cccn2)cc1. The van der Waals surface area contributed by atoms with Crippen molar-refractivity contribution in [3.63, 3.8) is 0 Å². The van der Waals surface area contributed by atoms with Gasteiger partial charge in [-0.2, -0.15) is 5.10 Å². The van der Waals surface area contributed by atoms with Gasteiger partial charge in [-0.1, -0.05) is 26.0 Å². The number of benzene rings is 1. The second-order valence-corrected chi connectivity index (χ2v) is 5.74. The van der Waals surface area contributed by atoms with Crippen LogP contribution in [0.25, 0.3) is 5.69 Å². The Kier molecular flexibility index (Phi) is 2.71. The Labute approximate surface area is 108 Å². The van der Waals surface area contributed by atoms with Gasteiger partial charge >= 0.3 is 0 Å². The van der Waals surface area contributed by atoms with Crippen LogP contribution < -0.4 is 5.32 Å². The third-order valence-electron chi connectivity index (χ3n) is 3.77. The van der Waals surface area contributed by atoms with Crippen LogP contribution in [0.5, 0.6) is 0 Å². The molecule has 3 heteroatoms. The standard InChI is InChI=1S/C15H19N3/c1-15(2)10-14(15)16-11-12-4-6-13(7-5-12)18-9-3-8-17-18/h3-9,14,16H,10-11H2,1-2H3. The molecule has 1 atom stereocenters. The number of hydrogen-bond acceptors (Lipinski definition) is 2. The molecule has 3 rings (SSSR count). The molecule has 1 aliphatic carbocycles. The maximum atomic E-state index is 4.22. The van der Waals surface area contributed by atoms with Crippen molar-refractivity contribution in [2.45, 2.75) is 32.9 Å². The van der Waals surface area contributed by atoms with Gasteiger partial charge in [0.15, 0.2) is 0 Å². The quantitative estimate of drug-likeness (QED) is 0.892. The van der Waals surface area contributed by atoms with E-state index < -0.39 is 0 Å². The van der Waals surface area contributed by atoms with Crippen molar-refractivity contribution in [3.8, 4) is 5.69 Å². The molecule has 0 radical (unpaired) electrons. The Bertz CT molecular complexity index is 511. The fraction of sp³-hybridized carbons (Fsp3) is 0.400. The van der Waals surface area contributed by atoms with Crippen LogP contribution in [0, 0.1) is 5.41 Å². The van der Waals surface area contributed by atoms with Crippen LogP contribution in [-0.4, -0.2) is 15.8 Å². The van der Waals surface area contributed by atoms with Crippen LogP contribution in [0.1, 0.15) is 25.8 Å². The average molecular weight is 241 g/mol. The third kappa shape index (κ3) is 2.31. The van der Waals surface area contributed by atoms with Crippen LogP contribution in [0.3, 0.4) is 0 Å². The number of nitrogens with one attached hydrogen (secondary N) is 1. The lowest BCUT2D eigenvalue weighted by Crippen LogP contribution is -2.19. The van der Waals surface area contributed by atoms with Crippen molar-refractivity contribution in [1.82, 2.24) is 15.1 Å². The molecule has 1 heterocycles. The molecule has 0 amide bonds. The van der Waals surface area contributed by atoms with E-state index in [4.69, 9.17) is 0 Å². The molecule has 1 aromatic heterocycles. The maximum absolute atomic E-state index is 4.22. The molecular weight excluding hydrogens is 222 g/mol. The summed E-state index contributed by atoms with van der Waals surface area (Å²) >= 11 is 0. The summed E-state index contributed by atoms with van der Waals surface area (Å²) in [7, 11) is 0. The highest BCUT2D eigenvalue weighted by Gasteiger charge is 2.44. The zero-order valence-electron chi connectivity index (χ0n) is 10.9. The average Bonchev–Trinajstić information content (AvgIpc) is 2.82. The maximum Gasteiger partial charge on any atom is 0.0645 e. The number of nitrogens with zero attached hydrogens (tertiary/aromatic N) is 2. The molecule has 1 N–H and O–H groups in total. The van der Waals surface area contributed by atoms with Crippen molar-refractivity contribution >= 4 is 0 Å². The second-order valence-electron chi connectivity index (χ2n) is 5.74. The molecule has 1 unspecified atom stereocenters. The fourth-order valence-electron chi connectivity index (χ4n) is 2.24. The first kappa shape index (κ1) is 11.5. The molecule has 0 bridgehead atoms. The minimum Gasteiger partial charge on any atom is -0.309 e. The van der Waals surface area contributed by atoms with Gasteiger partial charge < -0.3 is 5.32 Å². The van der Waals surface area contributed by atoms with E-state index in [2.05, 4.69) is 48.5 Å². The Morgan fingerprint density at radius 2 is 2.06 bits per heavy atom. The monoisotopic (exact) mass is 241 g/mol. The first-order valence-corrected chi connectivity index (χ1v) is 6.47. The van der Waals surface area contributed by atoms with Crippen LogP contribution in [0.4, 0.5) is 0 Å². The normalized spacial score (nSPS) is 20.9. The lowest BCUT2D eigenvalue weighted by atomic mass is 10.1. The molecule has 0 spiro atoms. The van der Waals surface area contributed by atoms with E-state index in [1.807, 2.05) is 16.9 Å². The summed E-state index contributed by atoms with van der Waals surface area (Å²) < 4.78 is 1.88. The predicted octanol–water partition coefficient (Wildman–Crippen LogP) is 2.76. The van der Waals surface area contributed by atoms with E-state index in [1.54, 1.807) is 6.20 Å². The topological polar surface area (TPSA) is 29.9 Å². The number of hydrogen-bond donors (Lipinski definition) is 1. The lowest BCUT2D eigenvalue weighted by molar-refractivity contribution is 0.542. The summed E-state index contributed by atoms with van der Waals surface area (Å²) in [5, 5.41) is 7.82. The zero-order valence-corrected chi connectivity index (χ0v) is 10.9. The highest BCUT2D eigenvalue weighted by molar-refractivity contribution is 5.33. The predicted molar refractivity (Wildman–Crippen MR) is 72.6 cm³/mol. The van der Waals surface area contributed by atoms with Gasteiger partial charge in [0.05, 0.1) is 5.69 Å². The summed E-state index contributed by atoms with van der Waals surface area (Å²) in [6.07, 6.45) is 5.04. The number of rotatable bonds is 4. The Morgan fingerprint density at radius 1 is 1.33 bits per heavy atom. The molecule has 3 nitrogen and oxygen atoms in total. The minimum absolute atomic E-state index is 0.495. The van der Waals surface area contributed by atoms with Gasteiger partial charge in [-0.05, 0) is 35.6 Å². The summed E-state index contributed by atoms with van der Waals surface area (Å²) in [5.74, 6) is 0. The molecular formula is C15H19N3. The van der Waals surface area contributed by atoms with Gasteiger partial charge in [0, 0.05) is 25.0 Å².